The van der Waals surface area contributed by atoms with Crippen LogP contribution in [0.25, 0.3) is 0 Å². The summed E-state index contributed by atoms with van der Waals surface area (Å²) in [4.78, 5) is 10.3. The standard InChI is InChI=1S/C20H20BrN3OS.C2H6/c1-20(2,3)17-16(21)18(25-14-10-6-4-7-11-14)23-19(22-17)24-26-15-12-8-5-9-13-15;1-2/h4-13H,1-3H3,(H,22,23,24);1-2H3. The highest BCUT2D eigenvalue weighted by atomic mass is 79.9. The molecule has 1 aromatic heterocycles. The molecule has 0 aliphatic carbocycles. The molecule has 0 saturated carbocycles. The van der Waals surface area contributed by atoms with Crippen molar-refractivity contribution < 1.29 is 4.74 Å². The molecule has 0 fully saturated rings. The first-order valence-electron chi connectivity index (χ1n) is 9.22. The second kappa shape index (κ2) is 10.5. The molecule has 0 saturated heterocycles. The van der Waals surface area contributed by atoms with Gasteiger partial charge in [0.15, 0.2) is 0 Å². The zero-order chi connectivity index (χ0) is 20.6. The van der Waals surface area contributed by atoms with Gasteiger partial charge in [-0.05, 0) is 52.1 Å². The molecule has 0 bridgehead atoms. The highest BCUT2D eigenvalue weighted by molar-refractivity contribution is 9.10. The van der Waals surface area contributed by atoms with E-state index in [2.05, 4.69) is 46.4 Å². The fourth-order valence-corrected chi connectivity index (χ4v) is 3.68. The van der Waals surface area contributed by atoms with Gasteiger partial charge in [0.25, 0.3) is 0 Å². The van der Waals surface area contributed by atoms with E-state index in [1.807, 2.05) is 74.5 Å². The largest absolute Gasteiger partial charge is 0.438 e. The third kappa shape index (κ3) is 6.24. The fourth-order valence-electron chi connectivity index (χ4n) is 2.23. The fraction of sp³-hybridized carbons (Fsp3) is 0.273. The van der Waals surface area contributed by atoms with Gasteiger partial charge in [-0.3, -0.25) is 4.72 Å². The molecule has 4 nitrogen and oxygen atoms in total. The molecule has 148 valence electrons. The number of ether oxygens (including phenoxy) is 1. The predicted octanol–water partition coefficient (Wildman–Crippen LogP) is 7.47. The molecular formula is C22H26BrN3OS. The van der Waals surface area contributed by atoms with Crippen LogP contribution in [0, 0.1) is 0 Å². The summed E-state index contributed by atoms with van der Waals surface area (Å²) in [6.07, 6.45) is 0. The normalized spacial score (nSPS) is 10.6. The number of halogens is 1. The monoisotopic (exact) mass is 459 g/mol. The van der Waals surface area contributed by atoms with E-state index in [9.17, 15) is 0 Å². The van der Waals surface area contributed by atoms with Crippen LogP contribution in [-0.4, -0.2) is 9.97 Å². The van der Waals surface area contributed by atoms with E-state index < -0.39 is 0 Å². The predicted molar refractivity (Wildman–Crippen MR) is 122 cm³/mol. The minimum atomic E-state index is -0.162. The first kappa shape index (κ1) is 22.2. The zero-order valence-electron chi connectivity index (χ0n) is 16.9. The lowest BCUT2D eigenvalue weighted by atomic mass is 9.92. The number of nitrogens with zero attached hydrogens (tertiary/aromatic N) is 2. The smallest absolute Gasteiger partial charge is 0.238 e. The molecule has 0 amide bonds. The van der Waals surface area contributed by atoms with Crippen LogP contribution < -0.4 is 9.46 Å². The second-order valence-corrected chi connectivity index (χ2v) is 8.37. The maximum atomic E-state index is 5.99. The Bertz CT molecular complexity index is 868. The third-order valence-electron chi connectivity index (χ3n) is 3.49. The van der Waals surface area contributed by atoms with Crippen molar-refractivity contribution in [3.05, 3.63) is 70.8 Å². The topological polar surface area (TPSA) is 47.0 Å². The van der Waals surface area contributed by atoms with Crippen LogP contribution in [0.5, 0.6) is 11.6 Å². The van der Waals surface area contributed by atoms with Crippen LogP contribution in [0.2, 0.25) is 0 Å². The molecule has 6 heteroatoms. The minimum absolute atomic E-state index is 0.162. The summed E-state index contributed by atoms with van der Waals surface area (Å²) in [5.41, 5.74) is 0.722. The first-order valence-corrected chi connectivity index (χ1v) is 10.8. The van der Waals surface area contributed by atoms with Gasteiger partial charge in [0, 0.05) is 10.3 Å². The number of rotatable bonds is 5. The molecule has 1 N–H and O–H groups in total. The maximum absolute atomic E-state index is 5.99. The Morgan fingerprint density at radius 2 is 1.46 bits per heavy atom. The van der Waals surface area contributed by atoms with Crippen molar-refractivity contribution in [1.82, 2.24) is 9.97 Å². The van der Waals surface area contributed by atoms with Gasteiger partial charge in [-0.25, -0.2) is 4.98 Å². The molecule has 0 spiro atoms. The van der Waals surface area contributed by atoms with Crippen molar-refractivity contribution in [3.63, 3.8) is 0 Å². The van der Waals surface area contributed by atoms with E-state index in [1.54, 1.807) is 0 Å². The molecule has 0 aliphatic heterocycles. The van der Waals surface area contributed by atoms with Crippen LogP contribution in [-0.2, 0) is 5.41 Å². The molecule has 0 radical (unpaired) electrons. The van der Waals surface area contributed by atoms with Gasteiger partial charge in [-0.1, -0.05) is 71.0 Å². The van der Waals surface area contributed by atoms with Gasteiger partial charge in [0.1, 0.15) is 10.2 Å². The molecule has 0 aliphatic rings. The molecule has 3 aromatic rings. The molecule has 3 rings (SSSR count). The lowest BCUT2D eigenvalue weighted by molar-refractivity contribution is 0.451. The van der Waals surface area contributed by atoms with Crippen LogP contribution in [0.3, 0.4) is 0 Å². The zero-order valence-corrected chi connectivity index (χ0v) is 19.3. The number of anilines is 1. The Morgan fingerprint density at radius 1 is 0.893 bits per heavy atom. The quantitative estimate of drug-likeness (QED) is 0.400. The van der Waals surface area contributed by atoms with Crippen molar-refractivity contribution in [2.75, 3.05) is 4.72 Å². The lowest BCUT2D eigenvalue weighted by Crippen LogP contribution is -2.16. The Morgan fingerprint density at radius 3 is 2.04 bits per heavy atom. The van der Waals surface area contributed by atoms with Gasteiger partial charge in [0.05, 0.1) is 5.69 Å². The number of aromatic nitrogens is 2. The Balaban J connectivity index is 0.00000136. The van der Waals surface area contributed by atoms with Crippen molar-refractivity contribution >= 4 is 33.8 Å². The molecule has 1 heterocycles. The minimum Gasteiger partial charge on any atom is -0.438 e. The summed E-state index contributed by atoms with van der Waals surface area (Å²) in [6.45, 7) is 10.3. The lowest BCUT2D eigenvalue weighted by Gasteiger charge is -2.21. The number of hydrogen-bond donors (Lipinski definition) is 1. The SMILES string of the molecule is CC.CC(C)(C)c1nc(NSc2ccccc2)nc(Oc2ccccc2)c1Br. The van der Waals surface area contributed by atoms with E-state index in [0.717, 1.165) is 20.8 Å². The highest BCUT2D eigenvalue weighted by Gasteiger charge is 2.24. The maximum Gasteiger partial charge on any atom is 0.238 e. The molecule has 28 heavy (non-hydrogen) atoms. The van der Waals surface area contributed by atoms with Gasteiger partial charge < -0.3 is 4.74 Å². The summed E-state index contributed by atoms with van der Waals surface area (Å²) in [5.74, 6) is 1.73. The summed E-state index contributed by atoms with van der Waals surface area (Å²) in [6, 6.07) is 19.7. The van der Waals surface area contributed by atoms with Crippen LogP contribution >= 0.6 is 27.9 Å². The average Bonchev–Trinajstić information content (AvgIpc) is 2.70. The Hall–Kier alpha value is -2.05. The summed E-state index contributed by atoms with van der Waals surface area (Å²) in [7, 11) is 0. The van der Waals surface area contributed by atoms with Crippen LogP contribution in [0.15, 0.2) is 70.0 Å². The van der Waals surface area contributed by atoms with Gasteiger partial charge >= 0.3 is 0 Å². The van der Waals surface area contributed by atoms with Crippen LogP contribution in [0.1, 0.15) is 40.3 Å². The molecule has 0 unspecified atom stereocenters. The number of benzene rings is 2. The first-order chi connectivity index (χ1) is 13.4. The third-order valence-corrected chi connectivity index (χ3v) is 5.00. The molecule has 0 atom stereocenters. The van der Waals surface area contributed by atoms with Gasteiger partial charge in [-0.2, -0.15) is 4.98 Å². The van der Waals surface area contributed by atoms with Gasteiger partial charge in [-0.15, -0.1) is 0 Å². The Kier molecular flexibility index (Phi) is 8.33. The van der Waals surface area contributed by atoms with Crippen molar-refractivity contribution in [2.24, 2.45) is 0 Å². The second-order valence-electron chi connectivity index (χ2n) is 6.70. The van der Waals surface area contributed by atoms with Crippen molar-refractivity contribution in [2.45, 2.75) is 44.9 Å². The average molecular weight is 460 g/mol. The number of nitrogens with one attached hydrogen (secondary N) is 1. The van der Waals surface area contributed by atoms with E-state index in [0.29, 0.717) is 11.8 Å². The van der Waals surface area contributed by atoms with Gasteiger partial charge in [0.2, 0.25) is 11.8 Å². The van der Waals surface area contributed by atoms with E-state index in [-0.39, 0.29) is 5.41 Å². The summed E-state index contributed by atoms with van der Waals surface area (Å²) < 4.78 is 9.98. The molecule has 2 aromatic carbocycles. The highest BCUT2D eigenvalue weighted by Crippen LogP contribution is 2.37. The van der Waals surface area contributed by atoms with Crippen LogP contribution in [0.4, 0.5) is 5.95 Å². The van der Waals surface area contributed by atoms with E-state index >= 15 is 0 Å². The van der Waals surface area contributed by atoms with E-state index in [1.165, 1.54) is 11.9 Å². The van der Waals surface area contributed by atoms with Crippen molar-refractivity contribution in [3.8, 4) is 11.6 Å². The summed E-state index contributed by atoms with van der Waals surface area (Å²) in [5, 5.41) is 0. The molecular weight excluding hydrogens is 434 g/mol. The van der Waals surface area contributed by atoms with E-state index in [4.69, 9.17) is 9.72 Å². The number of para-hydroxylation sites is 1. The Labute approximate surface area is 180 Å². The van der Waals surface area contributed by atoms with Crippen molar-refractivity contribution in [1.29, 1.82) is 0 Å². The summed E-state index contributed by atoms with van der Waals surface area (Å²) >= 11 is 5.09. The number of hydrogen-bond acceptors (Lipinski definition) is 5.